The maximum atomic E-state index is 11.9. The van der Waals surface area contributed by atoms with Crippen molar-refractivity contribution in [3.8, 4) is 0 Å². The van der Waals surface area contributed by atoms with E-state index in [0.29, 0.717) is 23.7 Å². The van der Waals surface area contributed by atoms with Crippen LogP contribution >= 0.6 is 11.6 Å². The lowest BCUT2D eigenvalue weighted by Gasteiger charge is -2.09. The van der Waals surface area contributed by atoms with Crippen molar-refractivity contribution < 1.29 is 4.79 Å². The van der Waals surface area contributed by atoms with Crippen LogP contribution in [0.25, 0.3) is 0 Å². The fraction of sp³-hybridized carbons (Fsp3) is 0.308. The Balaban J connectivity index is 1.99. The Labute approximate surface area is 121 Å². The Morgan fingerprint density at radius 1 is 1.50 bits per heavy atom. The molecule has 1 aromatic carbocycles. The number of nitrogens with zero attached hydrogens (tertiary/aromatic N) is 3. The molecule has 1 amide bonds. The van der Waals surface area contributed by atoms with Crippen LogP contribution in [0.4, 0.5) is 5.69 Å². The molecule has 0 unspecified atom stereocenters. The number of carbonyl (C=O) groups is 1. The lowest BCUT2D eigenvalue weighted by molar-refractivity contribution is -0.116. The summed E-state index contributed by atoms with van der Waals surface area (Å²) < 4.78 is 1.49. The second-order valence-electron chi connectivity index (χ2n) is 4.41. The smallest absolute Gasteiger partial charge is 0.246 e. The highest BCUT2D eigenvalue weighted by Gasteiger charge is 2.09. The summed E-state index contributed by atoms with van der Waals surface area (Å²) in [5.41, 5.74) is 7.75. The van der Waals surface area contributed by atoms with Gasteiger partial charge >= 0.3 is 0 Å². The van der Waals surface area contributed by atoms with E-state index < -0.39 is 0 Å². The molecule has 3 N–H and O–H groups in total. The molecule has 6 nitrogen and oxygen atoms in total. The van der Waals surface area contributed by atoms with Gasteiger partial charge in [0.2, 0.25) is 5.91 Å². The van der Waals surface area contributed by atoms with Crippen molar-refractivity contribution in [2.75, 3.05) is 11.9 Å². The van der Waals surface area contributed by atoms with Crippen molar-refractivity contribution >= 4 is 23.2 Å². The van der Waals surface area contributed by atoms with Gasteiger partial charge in [-0.25, -0.2) is 4.68 Å². The predicted octanol–water partition coefficient (Wildman–Crippen LogP) is 1.38. The van der Waals surface area contributed by atoms with Crippen molar-refractivity contribution in [2.45, 2.75) is 19.9 Å². The average molecular weight is 294 g/mol. The fourth-order valence-electron chi connectivity index (χ4n) is 1.76. The first kappa shape index (κ1) is 14.5. The monoisotopic (exact) mass is 293 g/mol. The minimum absolute atomic E-state index is 0.101. The summed E-state index contributed by atoms with van der Waals surface area (Å²) in [6, 6.07) is 5.38. The number of aromatic nitrogens is 3. The minimum Gasteiger partial charge on any atom is -0.330 e. The van der Waals surface area contributed by atoms with Crippen LogP contribution in [0.3, 0.4) is 0 Å². The lowest BCUT2D eigenvalue weighted by atomic mass is 10.2. The molecule has 0 fully saturated rings. The topological polar surface area (TPSA) is 85.8 Å². The van der Waals surface area contributed by atoms with Crippen molar-refractivity contribution in [3.63, 3.8) is 0 Å². The van der Waals surface area contributed by atoms with Crippen LogP contribution in [0.15, 0.2) is 24.4 Å². The van der Waals surface area contributed by atoms with E-state index in [0.717, 1.165) is 11.3 Å². The van der Waals surface area contributed by atoms with Gasteiger partial charge in [-0.15, -0.1) is 5.10 Å². The standard InChI is InChI=1S/C13H16ClN5O/c1-9-11(14)3-2-4-12(9)16-13(20)8-19-7-10(5-6-15)17-18-19/h2-4,7H,5-6,8,15H2,1H3,(H,16,20). The number of amides is 1. The SMILES string of the molecule is Cc1c(Cl)cccc1NC(=O)Cn1cc(CCN)nn1. The first-order valence-corrected chi connectivity index (χ1v) is 6.62. The third kappa shape index (κ3) is 3.55. The molecule has 2 rings (SSSR count). The van der Waals surface area contributed by atoms with Crippen LogP contribution in [0.5, 0.6) is 0 Å². The van der Waals surface area contributed by atoms with Gasteiger partial charge in [-0.3, -0.25) is 4.79 Å². The molecule has 2 aromatic rings. The molecule has 0 saturated heterocycles. The summed E-state index contributed by atoms with van der Waals surface area (Å²) in [6.07, 6.45) is 2.37. The number of halogens is 1. The summed E-state index contributed by atoms with van der Waals surface area (Å²) in [5.74, 6) is -0.181. The highest BCUT2D eigenvalue weighted by atomic mass is 35.5. The maximum Gasteiger partial charge on any atom is 0.246 e. The Hall–Kier alpha value is -1.92. The summed E-state index contributed by atoms with van der Waals surface area (Å²) in [6.45, 7) is 2.46. The van der Waals surface area contributed by atoms with Gasteiger partial charge in [0.25, 0.3) is 0 Å². The number of hydrogen-bond donors (Lipinski definition) is 2. The van der Waals surface area contributed by atoms with E-state index in [4.69, 9.17) is 17.3 Å². The van der Waals surface area contributed by atoms with Crippen molar-refractivity contribution in [1.82, 2.24) is 15.0 Å². The molecule has 1 heterocycles. The van der Waals surface area contributed by atoms with E-state index in [-0.39, 0.29) is 12.5 Å². The zero-order valence-corrected chi connectivity index (χ0v) is 11.9. The van der Waals surface area contributed by atoms with E-state index in [9.17, 15) is 4.79 Å². The number of benzene rings is 1. The van der Waals surface area contributed by atoms with Crippen molar-refractivity contribution in [3.05, 3.63) is 40.7 Å². The molecule has 0 aliphatic carbocycles. The van der Waals surface area contributed by atoms with E-state index in [1.807, 2.05) is 6.92 Å². The van der Waals surface area contributed by atoms with Crippen LogP contribution < -0.4 is 11.1 Å². The van der Waals surface area contributed by atoms with Gasteiger partial charge in [-0.1, -0.05) is 22.9 Å². The Kier molecular flexibility index (Phi) is 4.70. The molecule has 0 radical (unpaired) electrons. The molecule has 1 aromatic heterocycles. The highest BCUT2D eigenvalue weighted by molar-refractivity contribution is 6.31. The zero-order chi connectivity index (χ0) is 14.5. The first-order chi connectivity index (χ1) is 9.60. The number of hydrogen-bond acceptors (Lipinski definition) is 4. The fourth-order valence-corrected chi connectivity index (χ4v) is 1.93. The number of anilines is 1. The summed E-state index contributed by atoms with van der Waals surface area (Å²) in [4.78, 5) is 11.9. The van der Waals surface area contributed by atoms with Crippen LogP contribution in [-0.4, -0.2) is 27.4 Å². The normalized spacial score (nSPS) is 10.6. The molecule has 0 spiro atoms. The van der Waals surface area contributed by atoms with Crippen LogP contribution in [-0.2, 0) is 17.8 Å². The Morgan fingerprint density at radius 2 is 2.30 bits per heavy atom. The number of rotatable bonds is 5. The predicted molar refractivity (Wildman–Crippen MR) is 77.6 cm³/mol. The summed E-state index contributed by atoms with van der Waals surface area (Å²) in [5, 5.41) is 11.2. The van der Waals surface area contributed by atoms with Crippen LogP contribution in [0.2, 0.25) is 5.02 Å². The summed E-state index contributed by atoms with van der Waals surface area (Å²) >= 11 is 6.00. The Morgan fingerprint density at radius 3 is 3.05 bits per heavy atom. The molecule has 20 heavy (non-hydrogen) atoms. The molecular formula is C13H16ClN5O. The second kappa shape index (κ2) is 6.49. The first-order valence-electron chi connectivity index (χ1n) is 6.24. The molecule has 7 heteroatoms. The van der Waals surface area contributed by atoms with Crippen molar-refractivity contribution in [1.29, 1.82) is 0 Å². The minimum atomic E-state index is -0.181. The molecule has 0 aliphatic heterocycles. The lowest BCUT2D eigenvalue weighted by Crippen LogP contribution is -2.19. The van der Waals surface area contributed by atoms with Gasteiger partial charge in [-0.2, -0.15) is 0 Å². The average Bonchev–Trinajstić information content (AvgIpc) is 2.83. The Bertz CT molecular complexity index is 611. The highest BCUT2D eigenvalue weighted by Crippen LogP contribution is 2.22. The van der Waals surface area contributed by atoms with E-state index in [1.165, 1.54) is 4.68 Å². The number of carbonyl (C=O) groups excluding carboxylic acids is 1. The molecular weight excluding hydrogens is 278 g/mol. The molecule has 0 atom stereocenters. The third-order valence-electron chi connectivity index (χ3n) is 2.83. The van der Waals surface area contributed by atoms with Gasteiger partial charge in [0.1, 0.15) is 6.54 Å². The molecule has 0 saturated carbocycles. The number of nitrogens with one attached hydrogen (secondary N) is 1. The van der Waals surface area contributed by atoms with Gasteiger partial charge < -0.3 is 11.1 Å². The molecule has 0 aliphatic rings. The van der Waals surface area contributed by atoms with Crippen LogP contribution in [0.1, 0.15) is 11.3 Å². The molecule has 106 valence electrons. The van der Waals surface area contributed by atoms with Crippen molar-refractivity contribution in [2.24, 2.45) is 5.73 Å². The number of nitrogens with two attached hydrogens (primary N) is 1. The maximum absolute atomic E-state index is 11.9. The van der Waals surface area contributed by atoms with Crippen LogP contribution in [0, 0.1) is 6.92 Å². The van der Waals surface area contributed by atoms with Gasteiger partial charge in [0.05, 0.1) is 5.69 Å². The van der Waals surface area contributed by atoms with Gasteiger partial charge in [0, 0.05) is 23.3 Å². The van der Waals surface area contributed by atoms with Gasteiger partial charge in [0.15, 0.2) is 0 Å². The summed E-state index contributed by atoms with van der Waals surface area (Å²) in [7, 11) is 0. The quantitative estimate of drug-likeness (QED) is 0.872. The molecule has 0 bridgehead atoms. The van der Waals surface area contributed by atoms with E-state index in [1.54, 1.807) is 24.4 Å². The van der Waals surface area contributed by atoms with E-state index in [2.05, 4.69) is 15.6 Å². The third-order valence-corrected chi connectivity index (χ3v) is 3.24. The van der Waals surface area contributed by atoms with Gasteiger partial charge in [-0.05, 0) is 31.2 Å². The zero-order valence-electron chi connectivity index (χ0n) is 11.1. The second-order valence-corrected chi connectivity index (χ2v) is 4.81. The largest absolute Gasteiger partial charge is 0.330 e. The van der Waals surface area contributed by atoms with E-state index >= 15 is 0 Å².